The van der Waals surface area contributed by atoms with E-state index in [1.807, 2.05) is 24.0 Å². The maximum absolute atomic E-state index is 13.1. The van der Waals surface area contributed by atoms with Crippen LogP contribution in [0.5, 0.6) is 0 Å². The third-order valence-electron chi connectivity index (χ3n) is 7.02. The number of carbonyl (C=O) groups excluding carboxylic acids is 1. The topological polar surface area (TPSA) is 202 Å². The molecule has 208 valence electrons. The number of rotatable bonds is 6. The highest BCUT2D eigenvalue weighted by molar-refractivity contribution is 7.87. The van der Waals surface area contributed by atoms with Gasteiger partial charge in [0, 0.05) is 29.9 Å². The molecule has 5 N–H and O–H groups in total. The van der Waals surface area contributed by atoms with Crippen molar-refractivity contribution in [3.8, 4) is 0 Å². The lowest BCUT2D eigenvalue weighted by atomic mass is 9.74. The summed E-state index contributed by atoms with van der Waals surface area (Å²) in [5.74, 6) is -1.52. The van der Waals surface area contributed by atoms with Gasteiger partial charge in [0.15, 0.2) is 0 Å². The number of guanidine groups is 1. The number of fused-ring (bicyclic) bond motifs is 1. The molecule has 1 saturated carbocycles. The van der Waals surface area contributed by atoms with Gasteiger partial charge in [-0.1, -0.05) is 19.1 Å². The smallest absolute Gasteiger partial charge is 0.273 e. The van der Waals surface area contributed by atoms with Crippen LogP contribution in [0.4, 0.5) is 0 Å². The van der Waals surface area contributed by atoms with Crippen molar-refractivity contribution in [2.75, 3.05) is 6.54 Å². The van der Waals surface area contributed by atoms with Crippen LogP contribution in [0, 0.1) is 17.2 Å². The summed E-state index contributed by atoms with van der Waals surface area (Å²) in [6.45, 7) is 4.56. The van der Waals surface area contributed by atoms with Gasteiger partial charge in [-0.05, 0) is 55.7 Å². The lowest BCUT2D eigenvalue weighted by Gasteiger charge is -2.38. The van der Waals surface area contributed by atoms with Gasteiger partial charge < -0.3 is 15.5 Å². The summed E-state index contributed by atoms with van der Waals surface area (Å²) in [5, 5.41) is 10.6. The third-order valence-corrected chi connectivity index (χ3v) is 9.56. The predicted octanol–water partition coefficient (Wildman–Crippen LogP) is 1.38. The second-order valence-electron chi connectivity index (χ2n) is 9.65. The molecule has 5 unspecified atom stereocenters. The molecule has 1 aliphatic heterocycles. The molecule has 0 spiro atoms. The minimum Gasteiger partial charge on any atom is -0.335 e. The van der Waals surface area contributed by atoms with Crippen LogP contribution in [0.25, 0.3) is 0 Å². The van der Waals surface area contributed by atoms with Crippen LogP contribution in [-0.2, 0) is 25.0 Å². The molecule has 0 saturated heterocycles. The monoisotopic (exact) mass is 588 g/mol. The Balaban J connectivity index is 1.71. The molecule has 0 bridgehead atoms. The number of nitrogens with zero attached hydrogens (tertiary/aromatic N) is 3. The second-order valence-corrected chi connectivity index (χ2v) is 13.3. The first kappa shape index (κ1) is 28.4. The first-order valence-electron chi connectivity index (χ1n) is 12.0. The number of ketones is 1. The lowest BCUT2D eigenvalue weighted by Crippen LogP contribution is -2.51. The number of allylic oxidation sites excluding steroid dienone is 6. The van der Waals surface area contributed by atoms with Gasteiger partial charge in [0.1, 0.15) is 5.25 Å². The SMILES string of the molecule is CCN(C1=CC=CC(C)C1)C1N=C(Cl)NC(NC2=C3C(=O)C(=N)C(S(=O)(=O)O)CC3CC(S(=O)(=O)O)C2)=N1. The van der Waals surface area contributed by atoms with Crippen LogP contribution in [0.1, 0.15) is 39.5 Å². The van der Waals surface area contributed by atoms with E-state index >= 15 is 0 Å². The van der Waals surface area contributed by atoms with Crippen LogP contribution in [0.3, 0.4) is 0 Å². The van der Waals surface area contributed by atoms with Crippen LogP contribution in [0.15, 0.2) is 45.2 Å². The van der Waals surface area contributed by atoms with E-state index in [0.717, 1.165) is 12.1 Å². The Morgan fingerprint density at radius 3 is 2.50 bits per heavy atom. The molecule has 0 aromatic rings. The van der Waals surface area contributed by atoms with E-state index in [9.17, 15) is 30.7 Å². The fourth-order valence-corrected chi connectivity index (χ4v) is 7.14. The summed E-state index contributed by atoms with van der Waals surface area (Å²) in [6, 6.07) is 0. The normalized spacial score (nSPS) is 30.1. The molecule has 13 nitrogen and oxygen atoms in total. The van der Waals surface area contributed by atoms with Gasteiger partial charge in [-0.3, -0.25) is 19.3 Å². The summed E-state index contributed by atoms with van der Waals surface area (Å²) < 4.78 is 67.0. The largest absolute Gasteiger partial charge is 0.335 e. The Morgan fingerprint density at radius 2 is 1.89 bits per heavy atom. The van der Waals surface area contributed by atoms with Gasteiger partial charge in [0.25, 0.3) is 20.2 Å². The molecule has 0 aromatic carbocycles. The van der Waals surface area contributed by atoms with Crippen molar-refractivity contribution < 1.29 is 30.7 Å². The Morgan fingerprint density at radius 1 is 1.18 bits per heavy atom. The summed E-state index contributed by atoms with van der Waals surface area (Å²) in [6.07, 6.45) is 5.04. The average Bonchev–Trinajstić information content (AvgIpc) is 2.80. The molecule has 0 aromatic heterocycles. The van der Waals surface area contributed by atoms with Crippen molar-refractivity contribution in [1.29, 1.82) is 5.41 Å². The molecule has 4 rings (SSSR count). The summed E-state index contributed by atoms with van der Waals surface area (Å²) in [4.78, 5) is 24.0. The van der Waals surface area contributed by atoms with E-state index in [4.69, 9.17) is 17.0 Å². The molecular weight excluding hydrogens is 560 g/mol. The molecule has 38 heavy (non-hydrogen) atoms. The van der Waals surface area contributed by atoms with Crippen LogP contribution >= 0.6 is 11.6 Å². The van der Waals surface area contributed by atoms with Gasteiger partial charge in [-0.15, -0.1) is 0 Å². The van der Waals surface area contributed by atoms with Crippen molar-refractivity contribution in [2.24, 2.45) is 21.8 Å². The van der Waals surface area contributed by atoms with Crippen LogP contribution in [-0.4, -0.2) is 76.9 Å². The summed E-state index contributed by atoms with van der Waals surface area (Å²) in [5.41, 5.74) is 0.239. The number of hydrogen-bond donors (Lipinski definition) is 5. The maximum atomic E-state index is 13.1. The number of hydrogen-bond acceptors (Lipinski definition) is 11. The van der Waals surface area contributed by atoms with Crippen molar-refractivity contribution in [2.45, 2.75) is 56.3 Å². The second kappa shape index (κ2) is 10.5. The summed E-state index contributed by atoms with van der Waals surface area (Å²) >= 11 is 6.26. The summed E-state index contributed by atoms with van der Waals surface area (Å²) in [7, 11) is -9.36. The van der Waals surface area contributed by atoms with E-state index in [1.54, 1.807) is 0 Å². The zero-order chi connectivity index (χ0) is 28.0. The molecule has 3 aliphatic carbocycles. The minimum atomic E-state index is -4.78. The Kier molecular flexibility index (Phi) is 7.87. The number of amidine groups is 1. The average molecular weight is 589 g/mol. The molecule has 0 radical (unpaired) electrons. The van der Waals surface area contributed by atoms with Crippen molar-refractivity contribution in [3.63, 3.8) is 0 Å². The van der Waals surface area contributed by atoms with Gasteiger partial charge in [0.05, 0.1) is 11.0 Å². The molecule has 1 heterocycles. The quantitative estimate of drug-likeness (QED) is 0.223. The van der Waals surface area contributed by atoms with Gasteiger partial charge in [-0.25, -0.2) is 9.98 Å². The van der Waals surface area contributed by atoms with Gasteiger partial charge >= 0.3 is 0 Å². The van der Waals surface area contributed by atoms with Crippen LogP contribution < -0.4 is 10.6 Å². The highest BCUT2D eigenvalue weighted by atomic mass is 35.5. The molecular formula is C22H29ClN6O7S2. The van der Waals surface area contributed by atoms with E-state index in [-0.39, 0.29) is 41.8 Å². The fraction of sp³-hybridized carbons (Fsp3) is 0.545. The maximum Gasteiger partial charge on any atom is 0.273 e. The number of nitrogens with one attached hydrogen (secondary N) is 3. The molecule has 0 amide bonds. The van der Waals surface area contributed by atoms with E-state index < -0.39 is 54.4 Å². The standard InChI is InChI=1S/C22H29ClN6O7S2/c1-3-29(13-6-4-5-11(2)7-13)22-27-20(23)26-21(28-22)25-15-10-14(37(31,32)33)8-12-9-16(38(34,35)36)18(24)19(30)17(12)15/h4-6,11-12,14,16,22,24H,3,7-10H2,1-2H3,(H,31,32,33)(H,34,35,36)(H2,25,26,27,28). The first-order chi connectivity index (χ1) is 17.7. The number of halogens is 1. The highest BCUT2D eigenvalue weighted by Crippen LogP contribution is 2.40. The van der Waals surface area contributed by atoms with Crippen molar-refractivity contribution in [3.05, 3.63) is 35.2 Å². The van der Waals surface area contributed by atoms with E-state index in [0.29, 0.717) is 12.5 Å². The highest BCUT2D eigenvalue weighted by Gasteiger charge is 2.48. The van der Waals surface area contributed by atoms with Crippen LogP contribution in [0.2, 0.25) is 0 Å². The van der Waals surface area contributed by atoms with E-state index in [1.165, 1.54) is 0 Å². The van der Waals surface area contributed by atoms with Crippen molar-refractivity contribution >= 4 is 54.6 Å². The van der Waals surface area contributed by atoms with Crippen molar-refractivity contribution in [1.82, 2.24) is 15.5 Å². The fourth-order valence-electron chi connectivity index (χ4n) is 5.23. The minimum absolute atomic E-state index is 0.00982. The molecule has 4 aliphatic rings. The van der Waals surface area contributed by atoms with E-state index in [2.05, 4.69) is 33.6 Å². The Bertz CT molecular complexity index is 1420. The molecule has 5 atom stereocenters. The number of aliphatic imine (C=N–C) groups is 2. The first-order valence-corrected chi connectivity index (χ1v) is 15.3. The third kappa shape index (κ3) is 5.86. The molecule has 16 heteroatoms. The van der Waals surface area contributed by atoms with Gasteiger partial charge in [-0.2, -0.15) is 16.8 Å². The number of Topliss-reactive ketones (excluding diaryl/α,β-unsaturated/α-hetero) is 1. The Labute approximate surface area is 225 Å². The Hall–Kier alpha value is -2.59. The zero-order valence-electron chi connectivity index (χ0n) is 20.6. The predicted molar refractivity (Wildman–Crippen MR) is 142 cm³/mol. The van der Waals surface area contributed by atoms with Gasteiger partial charge in [0.2, 0.25) is 23.3 Å². The molecule has 1 fully saturated rings. The zero-order valence-corrected chi connectivity index (χ0v) is 23.0. The lowest BCUT2D eigenvalue weighted by molar-refractivity contribution is -0.111. The number of carbonyl (C=O) groups is 1.